The average Bonchev–Trinajstić information content (AvgIpc) is 2.28. The number of urea groups is 1. The van der Waals surface area contributed by atoms with Crippen LogP contribution in [0.25, 0.3) is 0 Å². The summed E-state index contributed by atoms with van der Waals surface area (Å²) in [7, 11) is 0. The lowest BCUT2D eigenvalue weighted by atomic mass is 9.70. The van der Waals surface area contributed by atoms with Crippen molar-refractivity contribution in [1.29, 1.82) is 0 Å². The average molecular weight is 256 g/mol. The molecule has 0 bridgehead atoms. The zero-order valence-corrected chi connectivity index (χ0v) is 11.1. The van der Waals surface area contributed by atoms with Crippen LogP contribution >= 0.6 is 0 Å². The van der Waals surface area contributed by atoms with E-state index >= 15 is 0 Å². The van der Waals surface area contributed by atoms with E-state index in [0.717, 1.165) is 19.4 Å². The number of rotatable bonds is 8. The van der Waals surface area contributed by atoms with Gasteiger partial charge in [0.25, 0.3) is 0 Å². The van der Waals surface area contributed by atoms with Crippen LogP contribution in [-0.2, 0) is 4.79 Å². The zero-order valence-electron chi connectivity index (χ0n) is 11.1. The van der Waals surface area contributed by atoms with E-state index in [1.165, 1.54) is 19.3 Å². The van der Waals surface area contributed by atoms with E-state index in [-0.39, 0.29) is 12.5 Å². The number of aliphatic carboxylic acids is 1. The van der Waals surface area contributed by atoms with Crippen molar-refractivity contribution >= 4 is 12.0 Å². The van der Waals surface area contributed by atoms with Crippen LogP contribution in [0.4, 0.5) is 4.79 Å². The molecule has 1 aliphatic rings. The first-order chi connectivity index (χ1) is 8.52. The van der Waals surface area contributed by atoms with Gasteiger partial charge in [-0.3, -0.25) is 4.79 Å². The van der Waals surface area contributed by atoms with E-state index in [4.69, 9.17) is 5.11 Å². The molecule has 0 aromatic rings. The van der Waals surface area contributed by atoms with Crippen molar-refractivity contribution in [3.05, 3.63) is 0 Å². The van der Waals surface area contributed by atoms with E-state index in [2.05, 4.69) is 17.6 Å². The van der Waals surface area contributed by atoms with Crippen molar-refractivity contribution in [3.63, 3.8) is 0 Å². The van der Waals surface area contributed by atoms with Crippen molar-refractivity contribution in [2.45, 2.75) is 51.9 Å². The number of nitrogens with one attached hydrogen (secondary N) is 2. The molecule has 104 valence electrons. The van der Waals surface area contributed by atoms with Crippen molar-refractivity contribution < 1.29 is 14.7 Å². The van der Waals surface area contributed by atoms with Crippen LogP contribution in [0, 0.1) is 5.41 Å². The summed E-state index contributed by atoms with van der Waals surface area (Å²) < 4.78 is 0. The second-order valence-electron chi connectivity index (χ2n) is 5.48. The van der Waals surface area contributed by atoms with E-state index < -0.39 is 5.97 Å². The fourth-order valence-corrected chi connectivity index (χ4v) is 2.09. The maximum Gasteiger partial charge on any atom is 0.314 e. The largest absolute Gasteiger partial charge is 0.481 e. The number of hydrogen-bond acceptors (Lipinski definition) is 2. The molecule has 2 amide bonds. The highest BCUT2D eigenvalue weighted by atomic mass is 16.4. The summed E-state index contributed by atoms with van der Waals surface area (Å²) in [5.74, 6) is -0.755. The number of carbonyl (C=O) groups excluding carboxylic acids is 1. The van der Waals surface area contributed by atoms with Gasteiger partial charge in [-0.2, -0.15) is 0 Å². The number of carbonyl (C=O) groups is 2. The van der Waals surface area contributed by atoms with Crippen LogP contribution in [0.2, 0.25) is 0 Å². The van der Waals surface area contributed by atoms with Gasteiger partial charge in [0.1, 0.15) is 0 Å². The lowest BCUT2D eigenvalue weighted by Gasteiger charge is -2.38. The molecule has 0 unspecified atom stereocenters. The number of amides is 2. The third-order valence-corrected chi connectivity index (χ3v) is 3.59. The second-order valence-corrected chi connectivity index (χ2v) is 5.48. The molecule has 5 heteroatoms. The first-order valence-electron chi connectivity index (χ1n) is 6.75. The maximum absolute atomic E-state index is 11.5. The van der Waals surface area contributed by atoms with Crippen LogP contribution in [0.1, 0.15) is 51.9 Å². The summed E-state index contributed by atoms with van der Waals surface area (Å²) in [4.78, 5) is 21.7. The summed E-state index contributed by atoms with van der Waals surface area (Å²) in [5, 5.41) is 14.1. The van der Waals surface area contributed by atoms with Crippen molar-refractivity contribution in [1.82, 2.24) is 10.6 Å². The van der Waals surface area contributed by atoms with Crippen LogP contribution in [-0.4, -0.2) is 30.2 Å². The third kappa shape index (κ3) is 5.89. The third-order valence-electron chi connectivity index (χ3n) is 3.59. The molecule has 1 aliphatic carbocycles. The summed E-state index contributed by atoms with van der Waals surface area (Å²) in [6.45, 7) is 3.56. The van der Waals surface area contributed by atoms with Gasteiger partial charge in [-0.15, -0.1) is 0 Å². The predicted octanol–water partition coefficient (Wildman–Crippen LogP) is 2.12. The Balaban J connectivity index is 1.92. The van der Waals surface area contributed by atoms with Crippen molar-refractivity contribution in [2.24, 2.45) is 5.41 Å². The maximum atomic E-state index is 11.5. The molecule has 3 N–H and O–H groups in total. The number of hydrogen-bond donors (Lipinski definition) is 3. The van der Waals surface area contributed by atoms with E-state index in [0.29, 0.717) is 18.4 Å². The van der Waals surface area contributed by atoms with Crippen LogP contribution in [0.3, 0.4) is 0 Å². The van der Waals surface area contributed by atoms with Gasteiger partial charge in [-0.05, 0) is 31.1 Å². The zero-order chi connectivity index (χ0) is 13.4. The normalized spacial score (nSPS) is 16.7. The van der Waals surface area contributed by atoms with E-state index in [1.54, 1.807) is 0 Å². The lowest BCUT2D eigenvalue weighted by Crippen LogP contribution is -2.44. The minimum absolute atomic E-state index is 0.110. The fraction of sp³-hybridized carbons (Fsp3) is 0.846. The first-order valence-corrected chi connectivity index (χ1v) is 6.75. The van der Waals surface area contributed by atoms with Gasteiger partial charge in [0.05, 0.1) is 0 Å². The lowest BCUT2D eigenvalue weighted by molar-refractivity contribution is -0.137. The Morgan fingerprint density at radius 2 is 1.89 bits per heavy atom. The Morgan fingerprint density at radius 1 is 1.17 bits per heavy atom. The molecule has 0 aliphatic heterocycles. The molecule has 0 saturated heterocycles. The summed E-state index contributed by atoms with van der Waals surface area (Å²) in [6.07, 6.45) is 6.22. The monoisotopic (exact) mass is 256 g/mol. The molecule has 0 radical (unpaired) electrons. The topological polar surface area (TPSA) is 78.4 Å². The van der Waals surface area contributed by atoms with E-state index in [1.807, 2.05) is 0 Å². The van der Waals surface area contributed by atoms with Gasteiger partial charge in [0, 0.05) is 19.5 Å². The molecule has 0 heterocycles. The predicted molar refractivity (Wildman–Crippen MR) is 69.5 cm³/mol. The summed E-state index contributed by atoms with van der Waals surface area (Å²) in [5.41, 5.74) is 0.304. The van der Waals surface area contributed by atoms with Gasteiger partial charge in [-0.25, -0.2) is 4.79 Å². The van der Waals surface area contributed by atoms with E-state index in [9.17, 15) is 9.59 Å². The highest BCUT2D eigenvalue weighted by Crippen LogP contribution is 2.39. The van der Waals surface area contributed by atoms with Crippen LogP contribution < -0.4 is 10.6 Å². The summed E-state index contributed by atoms with van der Waals surface area (Å²) in [6, 6.07) is -0.110. The Kier molecular flexibility index (Phi) is 5.95. The number of carboxylic acids is 1. The molecular weight excluding hydrogens is 232 g/mol. The Morgan fingerprint density at radius 3 is 2.44 bits per heavy atom. The quantitative estimate of drug-likeness (QED) is 0.582. The van der Waals surface area contributed by atoms with Gasteiger partial charge < -0.3 is 15.7 Å². The highest BCUT2D eigenvalue weighted by molar-refractivity contribution is 5.73. The molecule has 0 aromatic heterocycles. The molecule has 1 fully saturated rings. The second kappa shape index (κ2) is 7.24. The minimum atomic E-state index is -0.755. The molecule has 1 rings (SSSR count). The smallest absolute Gasteiger partial charge is 0.314 e. The Hall–Kier alpha value is -1.26. The van der Waals surface area contributed by atoms with Gasteiger partial charge in [0.15, 0.2) is 0 Å². The summed E-state index contributed by atoms with van der Waals surface area (Å²) >= 11 is 0. The van der Waals surface area contributed by atoms with Crippen molar-refractivity contribution in [3.8, 4) is 0 Å². The molecule has 0 atom stereocenters. The molecule has 1 saturated carbocycles. The molecule has 18 heavy (non-hydrogen) atoms. The molecular formula is C13H24N2O3. The van der Waals surface area contributed by atoms with Gasteiger partial charge >= 0.3 is 12.0 Å². The van der Waals surface area contributed by atoms with Crippen LogP contribution in [0.5, 0.6) is 0 Å². The Bertz CT molecular complexity index is 288. The van der Waals surface area contributed by atoms with Gasteiger partial charge in [0.2, 0.25) is 0 Å². The van der Waals surface area contributed by atoms with Crippen molar-refractivity contribution in [2.75, 3.05) is 13.1 Å². The molecule has 5 nitrogen and oxygen atoms in total. The number of carboxylic acid groups (broad SMARTS) is 1. The standard InChI is InChI=1S/C13H24N2O3/c1-13(7-5-8-13)10-15-12(18)14-9-4-2-3-6-11(16)17/h2-10H2,1H3,(H,16,17)(H2,14,15,18). The fourth-order valence-electron chi connectivity index (χ4n) is 2.09. The first kappa shape index (κ1) is 14.8. The van der Waals surface area contributed by atoms with Crippen LogP contribution in [0.15, 0.2) is 0 Å². The Labute approximate surface area is 108 Å². The highest BCUT2D eigenvalue weighted by Gasteiger charge is 2.31. The minimum Gasteiger partial charge on any atom is -0.481 e. The molecule has 0 aromatic carbocycles. The number of unbranched alkanes of at least 4 members (excludes halogenated alkanes) is 2. The SMILES string of the molecule is CC1(CNC(=O)NCCCCCC(=O)O)CCC1. The van der Waals surface area contributed by atoms with Gasteiger partial charge in [-0.1, -0.05) is 19.8 Å². The molecule has 0 spiro atoms.